The Kier molecular flexibility index (Phi) is 7.29. The second-order valence-corrected chi connectivity index (χ2v) is 8.57. The number of para-hydroxylation sites is 1. The maximum absolute atomic E-state index is 12.7. The van der Waals surface area contributed by atoms with Gasteiger partial charge >= 0.3 is 0 Å². The first-order valence-electron chi connectivity index (χ1n) is 11.7. The number of likely N-dealkylation sites (tertiary alicyclic amines) is 1. The first kappa shape index (κ1) is 22.2. The Hall–Kier alpha value is -3.03. The highest BCUT2D eigenvalue weighted by Gasteiger charge is 2.27. The SMILES string of the molecule is CCNC(=NCCC(=O)N1CCN(c2ccccc2)CC1)N1CCC(c2cnn(C)c2)C1. The van der Waals surface area contributed by atoms with Crippen molar-refractivity contribution < 1.29 is 4.79 Å². The molecule has 1 aromatic heterocycles. The number of benzene rings is 1. The van der Waals surface area contributed by atoms with Crippen LogP contribution >= 0.6 is 0 Å². The van der Waals surface area contributed by atoms with E-state index in [0.717, 1.165) is 58.2 Å². The van der Waals surface area contributed by atoms with Gasteiger partial charge in [-0.3, -0.25) is 14.5 Å². The third kappa shape index (κ3) is 5.41. The van der Waals surface area contributed by atoms with Crippen molar-refractivity contribution in [3.8, 4) is 0 Å². The Morgan fingerprint density at radius 2 is 1.91 bits per heavy atom. The molecule has 1 amide bonds. The molecule has 2 aliphatic rings. The Bertz CT molecular complexity index is 902. The first-order chi connectivity index (χ1) is 15.6. The normalized spacial score (nSPS) is 19.5. The average Bonchev–Trinajstić information content (AvgIpc) is 3.48. The summed E-state index contributed by atoms with van der Waals surface area (Å²) in [6.45, 7) is 8.65. The number of aliphatic imine (C=N–C) groups is 1. The second kappa shape index (κ2) is 10.5. The summed E-state index contributed by atoms with van der Waals surface area (Å²) >= 11 is 0. The minimum Gasteiger partial charge on any atom is -0.368 e. The van der Waals surface area contributed by atoms with Crippen LogP contribution in [0, 0.1) is 0 Å². The average molecular weight is 438 g/mol. The molecule has 1 unspecified atom stereocenters. The molecule has 8 heteroatoms. The van der Waals surface area contributed by atoms with E-state index in [1.165, 1.54) is 11.3 Å². The van der Waals surface area contributed by atoms with Crippen molar-refractivity contribution in [2.45, 2.75) is 25.7 Å². The lowest BCUT2D eigenvalue weighted by molar-refractivity contribution is -0.131. The smallest absolute Gasteiger partial charge is 0.224 e. The van der Waals surface area contributed by atoms with Crippen molar-refractivity contribution in [3.63, 3.8) is 0 Å². The number of aryl methyl sites for hydroxylation is 1. The fourth-order valence-corrected chi connectivity index (χ4v) is 4.57. The molecule has 1 aromatic carbocycles. The lowest BCUT2D eigenvalue weighted by Crippen LogP contribution is -2.49. The monoisotopic (exact) mass is 437 g/mol. The van der Waals surface area contributed by atoms with Gasteiger partial charge in [0.25, 0.3) is 0 Å². The molecule has 32 heavy (non-hydrogen) atoms. The number of nitrogens with one attached hydrogen (secondary N) is 1. The van der Waals surface area contributed by atoms with E-state index in [1.54, 1.807) is 0 Å². The van der Waals surface area contributed by atoms with Crippen molar-refractivity contribution >= 4 is 17.6 Å². The molecule has 8 nitrogen and oxygen atoms in total. The van der Waals surface area contributed by atoms with Crippen LogP contribution in [-0.2, 0) is 11.8 Å². The zero-order valence-electron chi connectivity index (χ0n) is 19.3. The Balaban J connectivity index is 1.25. The number of carbonyl (C=O) groups excluding carboxylic acids is 1. The highest BCUT2D eigenvalue weighted by atomic mass is 16.2. The Labute approximate surface area is 190 Å². The van der Waals surface area contributed by atoms with Crippen LogP contribution in [0.1, 0.15) is 31.2 Å². The zero-order valence-corrected chi connectivity index (χ0v) is 19.3. The number of amides is 1. The van der Waals surface area contributed by atoms with E-state index in [9.17, 15) is 4.79 Å². The molecular formula is C24H35N7O. The van der Waals surface area contributed by atoms with E-state index in [0.29, 0.717) is 18.9 Å². The number of hydrogen-bond acceptors (Lipinski definition) is 4. The van der Waals surface area contributed by atoms with Crippen molar-refractivity contribution in [3.05, 3.63) is 48.3 Å². The molecule has 0 spiro atoms. The molecule has 2 aliphatic heterocycles. The third-order valence-corrected chi connectivity index (χ3v) is 6.36. The molecule has 0 aliphatic carbocycles. The molecular weight excluding hydrogens is 402 g/mol. The van der Waals surface area contributed by atoms with Gasteiger partial charge in [-0.2, -0.15) is 5.10 Å². The van der Waals surface area contributed by atoms with Crippen LogP contribution in [0.3, 0.4) is 0 Å². The van der Waals surface area contributed by atoms with Crippen molar-refractivity contribution in [1.82, 2.24) is 24.9 Å². The zero-order chi connectivity index (χ0) is 22.3. The van der Waals surface area contributed by atoms with E-state index in [-0.39, 0.29) is 5.91 Å². The fraction of sp³-hybridized carbons (Fsp3) is 0.542. The fourth-order valence-electron chi connectivity index (χ4n) is 4.57. The number of rotatable bonds is 6. The van der Waals surface area contributed by atoms with Gasteiger partial charge in [0, 0.05) is 77.1 Å². The van der Waals surface area contributed by atoms with Crippen molar-refractivity contribution in [2.75, 3.05) is 57.3 Å². The van der Waals surface area contributed by atoms with Crippen molar-refractivity contribution in [2.24, 2.45) is 12.0 Å². The standard InChI is InChI=1S/C24H35N7O/c1-3-25-24(31-12-10-20(19-31)21-17-27-28(2)18-21)26-11-9-23(32)30-15-13-29(14-16-30)22-7-5-4-6-8-22/h4-8,17-18,20H,3,9-16,19H2,1-2H3,(H,25,26). The van der Waals surface area contributed by atoms with E-state index in [1.807, 2.05) is 28.9 Å². The van der Waals surface area contributed by atoms with Crippen LogP contribution in [0.2, 0.25) is 0 Å². The number of piperazine rings is 1. The van der Waals surface area contributed by atoms with Crippen LogP contribution < -0.4 is 10.2 Å². The van der Waals surface area contributed by atoms with Gasteiger partial charge < -0.3 is 20.0 Å². The van der Waals surface area contributed by atoms with Gasteiger partial charge in [-0.15, -0.1) is 0 Å². The highest BCUT2D eigenvalue weighted by molar-refractivity contribution is 5.81. The molecule has 4 rings (SSSR count). The predicted molar refractivity (Wildman–Crippen MR) is 128 cm³/mol. The van der Waals surface area contributed by atoms with Gasteiger partial charge in [-0.1, -0.05) is 18.2 Å². The summed E-state index contributed by atoms with van der Waals surface area (Å²) in [4.78, 5) is 24.2. The lowest BCUT2D eigenvalue weighted by atomic mass is 10.0. The predicted octanol–water partition coefficient (Wildman–Crippen LogP) is 1.91. The number of hydrogen-bond donors (Lipinski definition) is 1. The van der Waals surface area contributed by atoms with E-state index >= 15 is 0 Å². The highest BCUT2D eigenvalue weighted by Crippen LogP contribution is 2.26. The summed E-state index contributed by atoms with van der Waals surface area (Å²) in [5.41, 5.74) is 2.52. The number of aromatic nitrogens is 2. The largest absolute Gasteiger partial charge is 0.368 e. The molecule has 1 N–H and O–H groups in total. The molecule has 2 aromatic rings. The minimum atomic E-state index is 0.201. The molecule has 1 atom stereocenters. The first-order valence-corrected chi connectivity index (χ1v) is 11.7. The maximum atomic E-state index is 12.7. The molecule has 0 saturated carbocycles. The molecule has 0 radical (unpaired) electrons. The summed E-state index contributed by atoms with van der Waals surface area (Å²) < 4.78 is 1.86. The number of nitrogens with zero attached hydrogens (tertiary/aromatic N) is 6. The Morgan fingerprint density at radius 3 is 2.59 bits per heavy atom. The van der Waals surface area contributed by atoms with Gasteiger partial charge in [-0.05, 0) is 31.0 Å². The Morgan fingerprint density at radius 1 is 1.12 bits per heavy atom. The molecule has 2 fully saturated rings. The lowest BCUT2D eigenvalue weighted by Gasteiger charge is -2.36. The summed E-state index contributed by atoms with van der Waals surface area (Å²) in [7, 11) is 1.96. The van der Waals surface area contributed by atoms with Crippen LogP contribution in [0.4, 0.5) is 5.69 Å². The van der Waals surface area contributed by atoms with Gasteiger partial charge in [0.1, 0.15) is 0 Å². The third-order valence-electron chi connectivity index (χ3n) is 6.36. The number of guanidine groups is 1. The maximum Gasteiger partial charge on any atom is 0.224 e. The van der Waals surface area contributed by atoms with E-state index in [4.69, 9.17) is 4.99 Å². The van der Waals surface area contributed by atoms with Gasteiger partial charge in [-0.25, -0.2) is 0 Å². The van der Waals surface area contributed by atoms with E-state index < -0.39 is 0 Å². The van der Waals surface area contributed by atoms with Gasteiger partial charge in [0.2, 0.25) is 5.91 Å². The summed E-state index contributed by atoms with van der Waals surface area (Å²) in [5, 5.41) is 7.71. The molecule has 0 bridgehead atoms. The molecule has 2 saturated heterocycles. The van der Waals surface area contributed by atoms with Gasteiger partial charge in [0.05, 0.1) is 12.7 Å². The number of carbonyl (C=O) groups is 1. The quantitative estimate of drug-likeness (QED) is 0.552. The minimum absolute atomic E-state index is 0.201. The number of anilines is 1. The topological polar surface area (TPSA) is 69.0 Å². The van der Waals surface area contributed by atoms with E-state index in [2.05, 4.69) is 57.6 Å². The van der Waals surface area contributed by atoms with Gasteiger partial charge in [0.15, 0.2) is 5.96 Å². The second-order valence-electron chi connectivity index (χ2n) is 8.57. The van der Waals surface area contributed by atoms with Crippen LogP contribution in [0.25, 0.3) is 0 Å². The van der Waals surface area contributed by atoms with Crippen LogP contribution in [0.5, 0.6) is 0 Å². The molecule has 3 heterocycles. The summed E-state index contributed by atoms with van der Waals surface area (Å²) in [5.74, 6) is 1.60. The summed E-state index contributed by atoms with van der Waals surface area (Å²) in [6.07, 6.45) is 5.63. The summed E-state index contributed by atoms with van der Waals surface area (Å²) in [6, 6.07) is 10.4. The molecule has 172 valence electrons. The van der Waals surface area contributed by atoms with Crippen LogP contribution in [0.15, 0.2) is 47.7 Å². The van der Waals surface area contributed by atoms with Crippen molar-refractivity contribution in [1.29, 1.82) is 0 Å². The van der Waals surface area contributed by atoms with Crippen LogP contribution in [-0.4, -0.2) is 83.8 Å².